The van der Waals surface area contributed by atoms with Gasteiger partial charge in [0.05, 0.1) is 17.1 Å². The average Bonchev–Trinajstić information content (AvgIpc) is 2.95. The van der Waals surface area contributed by atoms with E-state index in [-0.39, 0.29) is 10.8 Å². The summed E-state index contributed by atoms with van der Waals surface area (Å²) in [6.45, 7) is 2.46. The summed E-state index contributed by atoms with van der Waals surface area (Å²) in [5, 5.41) is 12.1. The van der Waals surface area contributed by atoms with Gasteiger partial charge in [0.1, 0.15) is 16.3 Å². The van der Waals surface area contributed by atoms with Crippen molar-refractivity contribution in [1.29, 1.82) is 0 Å². The Kier molecular flexibility index (Phi) is 3.64. The minimum atomic E-state index is -3.62. The average molecular weight is 326 g/mol. The highest BCUT2D eigenvalue weighted by Crippen LogP contribution is 2.39. The highest BCUT2D eigenvalue weighted by molar-refractivity contribution is 7.89. The molecule has 2 aliphatic heterocycles. The Hall–Kier alpha value is -1.58. The first-order valence-electron chi connectivity index (χ1n) is 6.46. The molecule has 1 saturated heterocycles. The molecule has 9 heteroatoms. The lowest BCUT2D eigenvalue weighted by atomic mass is 10.00. The van der Waals surface area contributed by atoms with Gasteiger partial charge in [-0.25, -0.2) is 8.42 Å². The van der Waals surface area contributed by atoms with Crippen LogP contribution in [0.4, 0.5) is 11.4 Å². The molecule has 1 aromatic carbocycles. The van der Waals surface area contributed by atoms with Crippen LogP contribution in [0.2, 0.25) is 0 Å². The van der Waals surface area contributed by atoms with Crippen molar-refractivity contribution in [3.05, 3.63) is 18.2 Å². The van der Waals surface area contributed by atoms with Gasteiger partial charge in [0.2, 0.25) is 10.0 Å². The molecule has 21 heavy (non-hydrogen) atoms. The van der Waals surface area contributed by atoms with Gasteiger partial charge in [0.25, 0.3) is 0 Å². The molecule has 1 fully saturated rings. The molecule has 1 aromatic rings. The number of rotatable bonds is 2. The molecule has 7 nitrogen and oxygen atoms in total. The Morgan fingerprint density at radius 1 is 1.43 bits per heavy atom. The molecule has 1 N–H and O–H groups in total. The molecule has 3 rings (SSSR count). The molecular formula is C12H14N4O3S2. The van der Waals surface area contributed by atoms with Gasteiger partial charge >= 0.3 is 0 Å². The molecule has 0 bridgehead atoms. The topological polar surface area (TPSA) is 94.7 Å². The Morgan fingerprint density at radius 2 is 2.24 bits per heavy atom. The predicted molar refractivity (Wildman–Crippen MR) is 79.7 cm³/mol. The molecule has 112 valence electrons. The molecule has 2 aliphatic rings. The lowest BCUT2D eigenvalue weighted by Gasteiger charge is -2.30. The zero-order valence-corrected chi connectivity index (χ0v) is 12.9. The molecule has 0 aromatic heterocycles. The lowest BCUT2D eigenvalue weighted by Crippen LogP contribution is -2.43. The smallest absolute Gasteiger partial charge is 0.245 e. The molecule has 0 spiro atoms. The second-order valence-corrected chi connectivity index (χ2v) is 7.43. The fraction of sp³-hybridized carbons (Fsp3) is 0.417. The number of piperidine rings is 1. The standard InChI is InChI=1S/C12H14N4O3S2/c1-8-7-16(6-5-9(8)13-17)21(18,19)11-4-2-3-10-12(11)15-20-14-10/h2-4,8,17H,5-7H2,1H3/b13-9+. The molecule has 0 amide bonds. The van der Waals surface area contributed by atoms with Crippen LogP contribution in [-0.4, -0.2) is 36.7 Å². The van der Waals surface area contributed by atoms with Crippen molar-refractivity contribution < 1.29 is 13.6 Å². The second kappa shape index (κ2) is 5.32. The van der Waals surface area contributed by atoms with Gasteiger partial charge in [0.15, 0.2) is 0 Å². The van der Waals surface area contributed by atoms with Crippen molar-refractivity contribution in [2.45, 2.75) is 18.2 Å². The molecule has 2 heterocycles. The Morgan fingerprint density at radius 3 is 2.95 bits per heavy atom. The van der Waals surface area contributed by atoms with E-state index in [2.05, 4.69) is 13.9 Å². The third-order valence-corrected chi connectivity index (χ3v) is 6.10. The van der Waals surface area contributed by atoms with E-state index in [1.54, 1.807) is 18.2 Å². The van der Waals surface area contributed by atoms with Gasteiger partial charge in [0, 0.05) is 25.4 Å². The van der Waals surface area contributed by atoms with E-state index >= 15 is 0 Å². The summed E-state index contributed by atoms with van der Waals surface area (Å²) in [6, 6.07) is 4.97. The number of benzene rings is 1. The van der Waals surface area contributed by atoms with Gasteiger partial charge in [-0.05, 0) is 12.1 Å². The molecular weight excluding hydrogens is 312 g/mol. The summed E-state index contributed by atoms with van der Waals surface area (Å²) in [6.07, 6.45) is 0.433. The quantitative estimate of drug-likeness (QED) is 0.677. The highest BCUT2D eigenvalue weighted by Gasteiger charge is 2.34. The zero-order chi connectivity index (χ0) is 15.0. The van der Waals surface area contributed by atoms with Gasteiger partial charge in [-0.2, -0.15) is 13.0 Å². The number of oxime groups is 1. The minimum Gasteiger partial charge on any atom is -0.411 e. The normalized spacial score (nSPS) is 24.0. The second-order valence-electron chi connectivity index (χ2n) is 4.99. The number of hydrogen-bond donors (Lipinski definition) is 1. The third-order valence-electron chi connectivity index (χ3n) is 3.66. The van der Waals surface area contributed by atoms with Crippen LogP contribution in [0, 0.1) is 5.92 Å². The van der Waals surface area contributed by atoms with Gasteiger partial charge < -0.3 is 5.21 Å². The van der Waals surface area contributed by atoms with Crippen molar-refractivity contribution in [2.75, 3.05) is 13.1 Å². The molecule has 1 unspecified atom stereocenters. The van der Waals surface area contributed by atoms with E-state index in [0.29, 0.717) is 36.6 Å². The van der Waals surface area contributed by atoms with Crippen LogP contribution in [0.15, 0.2) is 37.0 Å². The number of sulfonamides is 1. The van der Waals surface area contributed by atoms with E-state index in [1.807, 2.05) is 6.92 Å². The monoisotopic (exact) mass is 326 g/mol. The van der Waals surface area contributed by atoms with Crippen LogP contribution < -0.4 is 0 Å². The molecule has 1 atom stereocenters. The summed E-state index contributed by atoms with van der Waals surface area (Å²) >= 11 is 0.999. The van der Waals surface area contributed by atoms with E-state index < -0.39 is 10.0 Å². The highest BCUT2D eigenvalue weighted by atomic mass is 32.2. The van der Waals surface area contributed by atoms with Crippen molar-refractivity contribution in [3.63, 3.8) is 0 Å². The first-order valence-corrected chi connectivity index (χ1v) is 8.63. The molecule has 0 radical (unpaired) electrons. The van der Waals surface area contributed by atoms with E-state index in [1.165, 1.54) is 4.31 Å². The summed E-state index contributed by atoms with van der Waals surface area (Å²) in [7, 11) is -3.62. The lowest BCUT2D eigenvalue weighted by molar-refractivity contribution is 0.300. The maximum atomic E-state index is 12.8. The number of fused-ring (bicyclic) bond motifs is 1. The summed E-state index contributed by atoms with van der Waals surface area (Å²) in [5.74, 6) is -0.105. The van der Waals surface area contributed by atoms with E-state index in [0.717, 1.165) is 11.4 Å². The Labute approximate surface area is 126 Å². The van der Waals surface area contributed by atoms with Crippen LogP contribution in [0.25, 0.3) is 0 Å². The van der Waals surface area contributed by atoms with Crippen molar-refractivity contribution >= 4 is 38.5 Å². The van der Waals surface area contributed by atoms with E-state index in [9.17, 15) is 8.42 Å². The fourth-order valence-corrected chi connectivity index (χ4v) is 4.77. The first-order chi connectivity index (χ1) is 10.0. The SMILES string of the molecule is CC1CN(S(=O)(=O)c2cccc3c2N=S=N3)CC/C1=N\O. The van der Waals surface area contributed by atoms with E-state index in [4.69, 9.17) is 5.21 Å². The summed E-state index contributed by atoms with van der Waals surface area (Å²) in [5.41, 5.74) is 1.63. The predicted octanol–water partition coefficient (Wildman–Crippen LogP) is 2.27. The maximum absolute atomic E-state index is 12.8. The molecule has 0 saturated carbocycles. The summed E-state index contributed by atoms with van der Waals surface area (Å²) in [4.78, 5) is 0.185. The van der Waals surface area contributed by atoms with Crippen LogP contribution in [0.3, 0.4) is 0 Å². The zero-order valence-electron chi connectivity index (χ0n) is 11.3. The van der Waals surface area contributed by atoms with Crippen molar-refractivity contribution in [2.24, 2.45) is 19.8 Å². The summed E-state index contributed by atoms with van der Waals surface area (Å²) < 4.78 is 35.2. The third kappa shape index (κ3) is 2.41. The number of hydrogen-bond acceptors (Lipinski definition) is 6. The Balaban J connectivity index is 1.96. The van der Waals surface area contributed by atoms with Crippen LogP contribution >= 0.6 is 0 Å². The van der Waals surface area contributed by atoms with Crippen molar-refractivity contribution in [3.8, 4) is 0 Å². The van der Waals surface area contributed by atoms with Gasteiger partial charge in [-0.1, -0.05) is 18.1 Å². The minimum absolute atomic E-state index is 0.105. The van der Waals surface area contributed by atoms with Crippen LogP contribution in [-0.2, 0) is 21.4 Å². The maximum Gasteiger partial charge on any atom is 0.245 e. The van der Waals surface area contributed by atoms with Crippen molar-refractivity contribution in [1.82, 2.24) is 4.31 Å². The van der Waals surface area contributed by atoms with Gasteiger partial charge in [-0.15, -0.1) is 0 Å². The van der Waals surface area contributed by atoms with Crippen LogP contribution in [0.1, 0.15) is 13.3 Å². The van der Waals surface area contributed by atoms with Gasteiger partial charge in [-0.3, -0.25) is 0 Å². The number of nitrogens with zero attached hydrogens (tertiary/aromatic N) is 4. The largest absolute Gasteiger partial charge is 0.411 e. The van der Waals surface area contributed by atoms with Crippen LogP contribution in [0.5, 0.6) is 0 Å². The first kappa shape index (κ1) is 14.4. The fourth-order valence-electron chi connectivity index (χ4n) is 2.48. The molecule has 0 aliphatic carbocycles. The Bertz CT molecular complexity index is 782.